The van der Waals surface area contributed by atoms with Crippen LogP contribution in [0.2, 0.25) is 0 Å². The van der Waals surface area contributed by atoms with Gasteiger partial charge in [0.05, 0.1) is 13.2 Å². The number of carbonyl (C=O) groups excluding carboxylic acids is 1. The summed E-state index contributed by atoms with van der Waals surface area (Å²) in [5.74, 6) is -0.626. The molecule has 0 aliphatic heterocycles. The van der Waals surface area contributed by atoms with Crippen LogP contribution < -0.4 is 0 Å². The van der Waals surface area contributed by atoms with Crippen molar-refractivity contribution in [3.63, 3.8) is 0 Å². The zero-order chi connectivity index (χ0) is 12.0. The number of rotatable bonds is 6. The third-order valence-corrected chi connectivity index (χ3v) is 2.03. The predicted molar refractivity (Wildman–Crippen MR) is 58.2 cm³/mol. The molecule has 1 rings (SSSR count). The lowest BCUT2D eigenvalue weighted by atomic mass is 10.1. The number of halogens is 1. The zero-order valence-electron chi connectivity index (χ0n) is 9.46. The maximum Gasteiger partial charge on any atom is 0.188 e. The highest BCUT2D eigenvalue weighted by atomic mass is 19.1. The molecule has 0 atom stereocenters. The van der Waals surface area contributed by atoms with Crippen molar-refractivity contribution in [1.29, 1.82) is 0 Å². The van der Waals surface area contributed by atoms with E-state index in [1.165, 1.54) is 12.1 Å². The fraction of sp³-hybridized carbons (Fsp3) is 0.417. The molecular formula is C12H15FO3. The monoisotopic (exact) mass is 226 g/mol. The van der Waals surface area contributed by atoms with Gasteiger partial charge in [-0.15, -0.1) is 0 Å². The number of hydrogen-bond acceptors (Lipinski definition) is 3. The van der Waals surface area contributed by atoms with Crippen molar-refractivity contribution in [3.05, 3.63) is 35.1 Å². The molecule has 0 saturated heterocycles. The van der Waals surface area contributed by atoms with Gasteiger partial charge in [0.2, 0.25) is 0 Å². The first kappa shape index (κ1) is 12.8. The van der Waals surface area contributed by atoms with E-state index in [0.29, 0.717) is 18.8 Å². The van der Waals surface area contributed by atoms with Crippen molar-refractivity contribution in [2.24, 2.45) is 0 Å². The Bertz CT molecular complexity index is 343. The fourth-order valence-electron chi connectivity index (χ4n) is 1.29. The lowest BCUT2D eigenvalue weighted by molar-refractivity contribution is 0.0576. The summed E-state index contributed by atoms with van der Waals surface area (Å²) in [4.78, 5) is 11.6. The molecule has 0 fully saturated rings. The topological polar surface area (TPSA) is 35.5 Å². The van der Waals surface area contributed by atoms with E-state index in [1.807, 2.05) is 0 Å². The van der Waals surface area contributed by atoms with E-state index < -0.39 is 5.82 Å². The molecule has 0 unspecified atom stereocenters. The fourth-order valence-corrected chi connectivity index (χ4v) is 1.29. The first-order valence-corrected chi connectivity index (χ1v) is 5.00. The summed E-state index contributed by atoms with van der Waals surface area (Å²) in [6.07, 6.45) is 0. The number of Topliss-reactive ketones (excluding diaryl/α,β-unsaturated/α-hetero) is 1. The highest BCUT2D eigenvalue weighted by Gasteiger charge is 2.07. The molecule has 0 aromatic heterocycles. The van der Waals surface area contributed by atoms with Gasteiger partial charge in [-0.1, -0.05) is 0 Å². The highest BCUT2D eigenvalue weighted by Crippen LogP contribution is 2.09. The Hall–Kier alpha value is -1.26. The van der Waals surface area contributed by atoms with Crippen molar-refractivity contribution < 1.29 is 18.7 Å². The molecule has 0 N–H and O–H groups in total. The molecule has 88 valence electrons. The van der Waals surface area contributed by atoms with Crippen molar-refractivity contribution in [2.75, 3.05) is 26.9 Å². The van der Waals surface area contributed by atoms with Crippen LogP contribution in [0.15, 0.2) is 18.2 Å². The molecule has 1 aromatic carbocycles. The minimum absolute atomic E-state index is 0.0494. The Morgan fingerprint density at radius 3 is 2.69 bits per heavy atom. The molecule has 1 aromatic rings. The summed E-state index contributed by atoms with van der Waals surface area (Å²) in [5.41, 5.74) is 1.06. The molecule has 0 heterocycles. The smallest absolute Gasteiger partial charge is 0.188 e. The van der Waals surface area contributed by atoms with Crippen LogP contribution in [0.25, 0.3) is 0 Å². The lowest BCUT2D eigenvalue weighted by Gasteiger charge is -2.04. The van der Waals surface area contributed by atoms with Crippen LogP contribution >= 0.6 is 0 Å². The van der Waals surface area contributed by atoms with Crippen LogP contribution in [-0.4, -0.2) is 32.7 Å². The second kappa shape index (κ2) is 6.35. The number of hydrogen-bond donors (Lipinski definition) is 0. The van der Waals surface area contributed by atoms with Gasteiger partial charge in [0.15, 0.2) is 5.78 Å². The molecule has 16 heavy (non-hydrogen) atoms. The summed E-state index contributed by atoms with van der Waals surface area (Å²) >= 11 is 0. The summed E-state index contributed by atoms with van der Waals surface area (Å²) in [7, 11) is 1.56. The third kappa shape index (κ3) is 4.08. The summed E-state index contributed by atoms with van der Waals surface area (Å²) in [6.45, 7) is 2.49. The molecular weight excluding hydrogens is 211 g/mol. The Kier molecular flexibility index (Phi) is 5.08. The summed E-state index contributed by atoms with van der Waals surface area (Å²) < 4.78 is 22.9. The number of methoxy groups -OCH3 is 1. The van der Waals surface area contributed by atoms with Gasteiger partial charge in [0.1, 0.15) is 12.4 Å². The van der Waals surface area contributed by atoms with Gasteiger partial charge in [-0.05, 0) is 30.7 Å². The van der Waals surface area contributed by atoms with Gasteiger partial charge in [-0.2, -0.15) is 0 Å². The maximum atomic E-state index is 13.0. The molecule has 0 amide bonds. The first-order chi connectivity index (χ1) is 7.63. The predicted octanol–water partition coefficient (Wildman–Crippen LogP) is 1.98. The average molecular weight is 226 g/mol. The van der Waals surface area contributed by atoms with Crippen molar-refractivity contribution in [1.82, 2.24) is 0 Å². The van der Waals surface area contributed by atoms with Gasteiger partial charge in [-0.3, -0.25) is 4.79 Å². The Morgan fingerprint density at radius 2 is 2.06 bits per heavy atom. The van der Waals surface area contributed by atoms with Gasteiger partial charge < -0.3 is 9.47 Å². The first-order valence-electron chi connectivity index (χ1n) is 5.00. The molecule has 0 aliphatic rings. The second-order valence-corrected chi connectivity index (χ2v) is 3.49. The van der Waals surface area contributed by atoms with Crippen molar-refractivity contribution in [2.45, 2.75) is 6.92 Å². The number of ketones is 1. The van der Waals surface area contributed by atoms with Crippen molar-refractivity contribution >= 4 is 5.78 Å². The normalized spacial score (nSPS) is 10.4. The number of carbonyl (C=O) groups is 1. The second-order valence-electron chi connectivity index (χ2n) is 3.49. The molecule has 0 aliphatic carbocycles. The SMILES string of the molecule is COCCOCC(=O)c1cc(C)cc(F)c1. The van der Waals surface area contributed by atoms with Crippen LogP contribution in [0.4, 0.5) is 4.39 Å². The van der Waals surface area contributed by atoms with Gasteiger partial charge >= 0.3 is 0 Å². The van der Waals surface area contributed by atoms with E-state index in [9.17, 15) is 9.18 Å². The minimum atomic E-state index is -0.403. The summed E-state index contributed by atoms with van der Waals surface area (Å²) in [6, 6.07) is 4.24. The third-order valence-electron chi connectivity index (χ3n) is 2.03. The van der Waals surface area contributed by atoms with E-state index in [4.69, 9.17) is 9.47 Å². The van der Waals surface area contributed by atoms with E-state index in [1.54, 1.807) is 20.1 Å². The summed E-state index contributed by atoms with van der Waals surface area (Å²) in [5, 5.41) is 0. The van der Waals surface area contributed by atoms with Crippen molar-refractivity contribution in [3.8, 4) is 0 Å². The Labute approximate surface area is 94.2 Å². The zero-order valence-corrected chi connectivity index (χ0v) is 9.46. The molecule has 0 radical (unpaired) electrons. The van der Waals surface area contributed by atoms with E-state index >= 15 is 0 Å². The van der Waals surface area contributed by atoms with Crippen LogP contribution in [0.1, 0.15) is 15.9 Å². The number of aryl methyl sites for hydroxylation is 1. The largest absolute Gasteiger partial charge is 0.382 e. The van der Waals surface area contributed by atoms with Crippen LogP contribution in [0.5, 0.6) is 0 Å². The molecule has 4 heteroatoms. The average Bonchev–Trinajstić information content (AvgIpc) is 2.22. The van der Waals surface area contributed by atoms with Gasteiger partial charge in [0.25, 0.3) is 0 Å². The lowest BCUT2D eigenvalue weighted by Crippen LogP contribution is -2.12. The highest BCUT2D eigenvalue weighted by molar-refractivity contribution is 5.97. The molecule has 0 bridgehead atoms. The Balaban J connectivity index is 2.52. The van der Waals surface area contributed by atoms with Crippen LogP contribution in [0.3, 0.4) is 0 Å². The van der Waals surface area contributed by atoms with Gasteiger partial charge in [0, 0.05) is 12.7 Å². The van der Waals surface area contributed by atoms with Gasteiger partial charge in [-0.25, -0.2) is 4.39 Å². The van der Waals surface area contributed by atoms with E-state index in [2.05, 4.69) is 0 Å². The molecule has 0 spiro atoms. The standard InChI is InChI=1S/C12H15FO3/c1-9-5-10(7-11(13)6-9)12(14)8-16-4-3-15-2/h5-7H,3-4,8H2,1-2H3. The van der Waals surface area contributed by atoms with E-state index in [-0.39, 0.29) is 12.4 Å². The molecule has 0 saturated carbocycles. The Morgan fingerprint density at radius 1 is 1.31 bits per heavy atom. The number of benzene rings is 1. The molecule has 3 nitrogen and oxygen atoms in total. The van der Waals surface area contributed by atoms with Crippen LogP contribution in [0, 0.1) is 12.7 Å². The number of ether oxygens (including phenoxy) is 2. The quantitative estimate of drug-likeness (QED) is 0.549. The van der Waals surface area contributed by atoms with E-state index in [0.717, 1.165) is 5.56 Å². The minimum Gasteiger partial charge on any atom is -0.382 e. The van der Waals surface area contributed by atoms with Crippen LogP contribution in [-0.2, 0) is 9.47 Å². The maximum absolute atomic E-state index is 13.0.